The molecule has 0 bridgehead atoms. The van der Waals surface area contributed by atoms with E-state index in [2.05, 4.69) is 26.1 Å². The van der Waals surface area contributed by atoms with Crippen LogP contribution >= 0.6 is 15.9 Å². The van der Waals surface area contributed by atoms with E-state index in [-0.39, 0.29) is 5.78 Å². The van der Waals surface area contributed by atoms with Gasteiger partial charge in [0.25, 0.3) is 0 Å². The van der Waals surface area contributed by atoms with Crippen molar-refractivity contribution < 1.29 is 4.79 Å². The van der Waals surface area contributed by atoms with Gasteiger partial charge in [-0.1, -0.05) is 6.92 Å². The molecule has 5 nitrogen and oxygen atoms in total. The number of rotatable bonds is 4. The van der Waals surface area contributed by atoms with Crippen LogP contribution in [0.4, 0.5) is 0 Å². The third-order valence-corrected chi connectivity index (χ3v) is 3.85. The molecule has 18 heavy (non-hydrogen) atoms. The highest BCUT2D eigenvalue weighted by Crippen LogP contribution is 2.22. The maximum Gasteiger partial charge on any atom is 0.186 e. The molecule has 2 heterocycles. The Labute approximate surface area is 114 Å². The number of hydrogen-bond acceptors (Lipinski definition) is 3. The standard InChI is InChI=1S/C12H15BrN4O/c1-4-8-12(13)10(17(3)15-8)7-11(18)9-5-6-14-16(9)2/h5-6H,4,7H2,1-3H3. The van der Waals surface area contributed by atoms with Gasteiger partial charge in [-0.05, 0) is 28.4 Å². The summed E-state index contributed by atoms with van der Waals surface area (Å²) in [7, 11) is 3.62. The second-order valence-corrected chi connectivity index (χ2v) is 4.92. The Morgan fingerprint density at radius 1 is 1.39 bits per heavy atom. The summed E-state index contributed by atoms with van der Waals surface area (Å²) < 4.78 is 4.29. The van der Waals surface area contributed by atoms with Crippen molar-refractivity contribution in [2.45, 2.75) is 19.8 Å². The molecule has 6 heteroatoms. The van der Waals surface area contributed by atoms with Gasteiger partial charge in [-0.3, -0.25) is 14.2 Å². The van der Waals surface area contributed by atoms with E-state index < -0.39 is 0 Å². The Morgan fingerprint density at radius 2 is 2.11 bits per heavy atom. The smallest absolute Gasteiger partial charge is 0.186 e. The van der Waals surface area contributed by atoms with Gasteiger partial charge in [0, 0.05) is 20.3 Å². The molecular weight excluding hydrogens is 296 g/mol. The molecule has 0 unspecified atom stereocenters. The van der Waals surface area contributed by atoms with Gasteiger partial charge in [0.1, 0.15) is 5.69 Å². The number of carbonyl (C=O) groups is 1. The molecule has 0 saturated carbocycles. The summed E-state index contributed by atoms with van der Waals surface area (Å²) in [6.45, 7) is 2.04. The van der Waals surface area contributed by atoms with Crippen molar-refractivity contribution in [3.8, 4) is 0 Å². The highest BCUT2D eigenvalue weighted by atomic mass is 79.9. The van der Waals surface area contributed by atoms with Crippen LogP contribution in [-0.2, 0) is 26.9 Å². The van der Waals surface area contributed by atoms with Crippen LogP contribution in [0.5, 0.6) is 0 Å². The van der Waals surface area contributed by atoms with Gasteiger partial charge in [0.2, 0.25) is 0 Å². The zero-order valence-electron chi connectivity index (χ0n) is 10.6. The van der Waals surface area contributed by atoms with Crippen molar-refractivity contribution in [1.82, 2.24) is 19.6 Å². The van der Waals surface area contributed by atoms with Crippen molar-refractivity contribution in [3.63, 3.8) is 0 Å². The lowest BCUT2D eigenvalue weighted by molar-refractivity contribution is 0.0981. The number of aromatic nitrogens is 4. The normalized spacial score (nSPS) is 10.9. The fourth-order valence-electron chi connectivity index (χ4n) is 1.90. The van der Waals surface area contributed by atoms with Crippen molar-refractivity contribution in [2.75, 3.05) is 0 Å². The lowest BCUT2D eigenvalue weighted by Gasteiger charge is -2.03. The summed E-state index contributed by atoms with van der Waals surface area (Å²) in [5.41, 5.74) is 2.49. The van der Waals surface area contributed by atoms with Crippen LogP contribution in [0.2, 0.25) is 0 Å². The number of halogens is 1. The van der Waals surface area contributed by atoms with Crippen molar-refractivity contribution in [1.29, 1.82) is 0 Å². The quantitative estimate of drug-likeness (QED) is 0.811. The maximum atomic E-state index is 12.2. The van der Waals surface area contributed by atoms with Crippen LogP contribution in [0, 0.1) is 0 Å². The summed E-state index contributed by atoms with van der Waals surface area (Å²) >= 11 is 3.51. The molecule has 0 aliphatic carbocycles. The van der Waals surface area contributed by atoms with Crippen molar-refractivity contribution >= 4 is 21.7 Å². The molecular formula is C12H15BrN4O. The Morgan fingerprint density at radius 3 is 2.61 bits per heavy atom. The Balaban J connectivity index is 2.27. The molecule has 0 aliphatic rings. The first-order valence-corrected chi connectivity index (χ1v) is 6.55. The van der Waals surface area contributed by atoms with Gasteiger partial charge in [-0.2, -0.15) is 10.2 Å². The molecule has 0 amide bonds. The fraction of sp³-hybridized carbons (Fsp3) is 0.417. The molecule has 0 N–H and O–H groups in total. The summed E-state index contributed by atoms with van der Waals surface area (Å²) in [6.07, 6.45) is 2.79. The molecule has 0 atom stereocenters. The molecule has 2 aromatic rings. The lowest BCUT2D eigenvalue weighted by atomic mass is 10.1. The van der Waals surface area contributed by atoms with Crippen LogP contribution in [0.25, 0.3) is 0 Å². The molecule has 0 spiro atoms. The number of ketones is 1. The highest BCUT2D eigenvalue weighted by molar-refractivity contribution is 9.10. The summed E-state index contributed by atoms with van der Waals surface area (Å²) in [6, 6.07) is 1.73. The monoisotopic (exact) mass is 310 g/mol. The van der Waals surface area contributed by atoms with E-state index in [0.29, 0.717) is 12.1 Å². The molecule has 0 radical (unpaired) electrons. The molecule has 0 aliphatic heterocycles. The average Bonchev–Trinajstić information content (AvgIpc) is 2.87. The maximum absolute atomic E-state index is 12.2. The predicted octanol–water partition coefficient (Wildman–Crippen LogP) is 1.90. The summed E-state index contributed by atoms with van der Waals surface area (Å²) in [4.78, 5) is 12.2. The zero-order valence-corrected chi connectivity index (χ0v) is 12.2. The van der Waals surface area contributed by atoms with Crippen LogP contribution in [0.15, 0.2) is 16.7 Å². The molecule has 0 fully saturated rings. The summed E-state index contributed by atoms with van der Waals surface area (Å²) in [5, 5.41) is 8.39. The molecule has 96 valence electrons. The topological polar surface area (TPSA) is 52.7 Å². The number of nitrogens with zero attached hydrogens (tertiary/aromatic N) is 4. The van der Waals surface area contributed by atoms with E-state index in [9.17, 15) is 4.79 Å². The molecule has 2 rings (SSSR count). The fourth-order valence-corrected chi connectivity index (χ4v) is 2.66. The third kappa shape index (κ3) is 2.25. The van der Waals surface area contributed by atoms with E-state index in [1.165, 1.54) is 0 Å². The van der Waals surface area contributed by atoms with Crippen LogP contribution in [0.1, 0.15) is 28.8 Å². The Hall–Kier alpha value is -1.43. The summed E-state index contributed by atoms with van der Waals surface area (Å²) in [5.74, 6) is 0.0429. The van der Waals surface area contributed by atoms with Gasteiger partial charge in [0.05, 0.1) is 22.3 Å². The SMILES string of the molecule is CCc1nn(C)c(CC(=O)c2ccnn2C)c1Br. The zero-order chi connectivity index (χ0) is 13.3. The van der Waals surface area contributed by atoms with Crippen LogP contribution < -0.4 is 0 Å². The molecule has 0 aromatic carbocycles. The van der Waals surface area contributed by atoms with Gasteiger partial charge in [-0.25, -0.2) is 0 Å². The number of aryl methyl sites for hydroxylation is 3. The second-order valence-electron chi connectivity index (χ2n) is 4.12. The number of carbonyl (C=O) groups excluding carboxylic acids is 1. The third-order valence-electron chi connectivity index (χ3n) is 2.94. The van der Waals surface area contributed by atoms with Gasteiger partial charge in [0.15, 0.2) is 5.78 Å². The molecule has 2 aromatic heterocycles. The van der Waals surface area contributed by atoms with Gasteiger partial charge < -0.3 is 0 Å². The molecule has 0 saturated heterocycles. The number of Topliss-reactive ketones (excluding diaryl/α,β-unsaturated/α-hetero) is 1. The predicted molar refractivity (Wildman–Crippen MR) is 71.5 cm³/mol. The van der Waals surface area contributed by atoms with Crippen molar-refractivity contribution in [2.24, 2.45) is 14.1 Å². The minimum Gasteiger partial charge on any atom is -0.292 e. The van der Waals surface area contributed by atoms with E-state index in [1.807, 2.05) is 14.0 Å². The second kappa shape index (κ2) is 5.06. The van der Waals surface area contributed by atoms with Gasteiger partial charge in [-0.15, -0.1) is 0 Å². The van der Waals surface area contributed by atoms with E-state index in [4.69, 9.17) is 0 Å². The van der Waals surface area contributed by atoms with E-state index in [0.717, 1.165) is 22.3 Å². The van der Waals surface area contributed by atoms with Crippen LogP contribution in [0.3, 0.4) is 0 Å². The van der Waals surface area contributed by atoms with E-state index in [1.54, 1.807) is 28.7 Å². The number of hydrogen-bond donors (Lipinski definition) is 0. The first kappa shape index (κ1) is 13.0. The first-order chi connectivity index (χ1) is 8.54. The van der Waals surface area contributed by atoms with Crippen molar-refractivity contribution in [3.05, 3.63) is 33.8 Å². The Bertz CT molecular complexity index is 585. The minimum absolute atomic E-state index is 0.0429. The first-order valence-electron chi connectivity index (χ1n) is 5.76. The van der Waals surface area contributed by atoms with Gasteiger partial charge >= 0.3 is 0 Å². The van der Waals surface area contributed by atoms with Crippen LogP contribution in [-0.4, -0.2) is 25.3 Å². The average molecular weight is 311 g/mol. The Kier molecular flexibility index (Phi) is 3.65. The lowest BCUT2D eigenvalue weighted by Crippen LogP contribution is -2.12. The minimum atomic E-state index is 0.0429. The largest absolute Gasteiger partial charge is 0.292 e. The van der Waals surface area contributed by atoms with E-state index >= 15 is 0 Å². The highest BCUT2D eigenvalue weighted by Gasteiger charge is 2.18.